The zero-order valence-electron chi connectivity index (χ0n) is 13.8. The van der Waals surface area contributed by atoms with Gasteiger partial charge in [-0.05, 0) is 42.3 Å². The van der Waals surface area contributed by atoms with Crippen LogP contribution >= 0.6 is 23.2 Å². The van der Waals surface area contributed by atoms with Crippen LogP contribution in [0.2, 0.25) is 10.0 Å². The van der Waals surface area contributed by atoms with Gasteiger partial charge in [-0.3, -0.25) is 9.10 Å². The van der Waals surface area contributed by atoms with Crippen LogP contribution in [0, 0.1) is 6.92 Å². The molecule has 0 saturated heterocycles. The Morgan fingerprint density at radius 1 is 1.16 bits per heavy atom. The summed E-state index contributed by atoms with van der Waals surface area (Å²) in [7, 11) is -3.64. The van der Waals surface area contributed by atoms with Crippen LogP contribution in [-0.4, -0.2) is 27.1 Å². The standard InChI is InChI=1S/C17H18Cl2N2O3S/c1-12-9-14(18)7-8-16(12)21(25(2,23)24)11-17(22)20-10-13-5-3-4-6-15(13)19/h3-9H,10-11H2,1-2H3,(H,20,22). The molecule has 25 heavy (non-hydrogen) atoms. The number of carbonyl (C=O) groups excluding carboxylic acids is 1. The van der Waals surface area contributed by atoms with Gasteiger partial charge in [-0.25, -0.2) is 8.42 Å². The Morgan fingerprint density at radius 3 is 2.44 bits per heavy atom. The van der Waals surface area contributed by atoms with Gasteiger partial charge in [0.15, 0.2) is 0 Å². The van der Waals surface area contributed by atoms with Gasteiger partial charge >= 0.3 is 0 Å². The van der Waals surface area contributed by atoms with Crippen LogP contribution < -0.4 is 9.62 Å². The van der Waals surface area contributed by atoms with E-state index in [1.54, 1.807) is 43.3 Å². The second kappa shape index (κ2) is 8.08. The zero-order chi connectivity index (χ0) is 18.6. The van der Waals surface area contributed by atoms with Gasteiger partial charge in [0.25, 0.3) is 0 Å². The van der Waals surface area contributed by atoms with Crippen molar-refractivity contribution in [3.8, 4) is 0 Å². The van der Waals surface area contributed by atoms with E-state index in [9.17, 15) is 13.2 Å². The first kappa shape index (κ1) is 19.6. The maximum absolute atomic E-state index is 12.2. The number of aryl methyl sites for hydroxylation is 1. The molecule has 0 bridgehead atoms. The van der Waals surface area contributed by atoms with E-state index < -0.39 is 15.9 Å². The zero-order valence-corrected chi connectivity index (χ0v) is 16.1. The van der Waals surface area contributed by atoms with Crippen LogP contribution in [0.1, 0.15) is 11.1 Å². The van der Waals surface area contributed by atoms with Crippen LogP contribution in [0.25, 0.3) is 0 Å². The Labute approximate surface area is 157 Å². The van der Waals surface area contributed by atoms with E-state index >= 15 is 0 Å². The molecule has 2 aromatic rings. The molecule has 0 unspecified atom stereocenters. The highest BCUT2D eigenvalue weighted by molar-refractivity contribution is 7.92. The van der Waals surface area contributed by atoms with E-state index in [2.05, 4.69) is 5.32 Å². The summed E-state index contributed by atoms with van der Waals surface area (Å²) < 4.78 is 25.3. The third-order valence-electron chi connectivity index (χ3n) is 3.55. The predicted molar refractivity (Wildman–Crippen MR) is 102 cm³/mol. The molecule has 0 heterocycles. The fourth-order valence-corrected chi connectivity index (χ4v) is 3.64. The van der Waals surface area contributed by atoms with E-state index in [1.807, 2.05) is 6.07 Å². The van der Waals surface area contributed by atoms with Crippen LogP contribution in [0.15, 0.2) is 42.5 Å². The van der Waals surface area contributed by atoms with E-state index in [1.165, 1.54) is 0 Å². The Morgan fingerprint density at radius 2 is 1.84 bits per heavy atom. The summed E-state index contributed by atoms with van der Waals surface area (Å²) >= 11 is 12.0. The molecular formula is C17H18Cl2N2O3S. The normalized spacial score (nSPS) is 11.2. The third-order valence-corrected chi connectivity index (χ3v) is 5.28. The number of sulfonamides is 1. The molecule has 0 atom stereocenters. The van der Waals surface area contributed by atoms with Crippen molar-refractivity contribution in [3.63, 3.8) is 0 Å². The Balaban J connectivity index is 2.15. The van der Waals surface area contributed by atoms with Gasteiger partial charge in [-0.1, -0.05) is 41.4 Å². The summed E-state index contributed by atoms with van der Waals surface area (Å²) in [5, 5.41) is 3.72. The average Bonchev–Trinajstić information content (AvgIpc) is 2.51. The smallest absolute Gasteiger partial charge is 0.241 e. The number of halogens is 2. The molecule has 2 rings (SSSR count). The SMILES string of the molecule is Cc1cc(Cl)ccc1N(CC(=O)NCc1ccccc1Cl)S(C)(=O)=O. The highest BCUT2D eigenvalue weighted by Crippen LogP contribution is 2.25. The molecule has 0 saturated carbocycles. The molecule has 0 aromatic heterocycles. The summed E-state index contributed by atoms with van der Waals surface area (Å²) in [6.45, 7) is 1.63. The summed E-state index contributed by atoms with van der Waals surface area (Å²) in [5.41, 5.74) is 1.84. The highest BCUT2D eigenvalue weighted by atomic mass is 35.5. The number of anilines is 1. The fraction of sp³-hybridized carbons (Fsp3) is 0.235. The van der Waals surface area contributed by atoms with Crippen molar-refractivity contribution in [1.82, 2.24) is 5.32 Å². The summed E-state index contributed by atoms with van der Waals surface area (Å²) in [6.07, 6.45) is 1.06. The molecule has 1 amide bonds. The van der Waals surface area contributed by atoms with Crippen LogP contribution in [-0.2, 0) is 21.4 Å². The summed E-state index contributed by atoms with van der Waals surface area (Å²) in [5.74, 6) is -0.431. The van der Waals surface area contributed by atoms with Gasteiger partial charge in [0.1, 0.15) is 6.54 Å². The second-order valence-corrected chi connectivity index (χ2v) is 8.32. The summed E-state index contributed by atoms with van der Waals surface area (Å²) in [4.78, 5) is 12.2. The maximum Gasteiger partial charge on any atom is 0.241 e. The quantitative estimate of drug-likeness (QED) is 0.807. The minimum atomic E-state index is -3.64. The molecule has 0 aliphatic heterocycles. The van der Waals surface area contributed by atoms with Crippen molar-refractivity contribution >= 4 is 44.8 Å². The van der Waals surface area contributed by atoms with Gasteiger partial charge in [0.2, 0.25) is 15.9 Å². The number of amides is 1. The molecule has 1 N–H and O–H groups in total. The molecular weight excluding hydrogens is 383 g/mol. The maximum atomic E-state index is 12.2. The van der Waals surface area contributed by atoms with Crippen molar-refractivity contribution in [2.45, 2.75) is 13.5 Å². The van der Waals surface area contributed by atoms with Crippen molar-refractivity contribution in [2.75, 3.05) is 17.1 Å². The molecule has 5 nitrogen and oxygen atoms in total. The van der Waals surface area contributed by atoms with Crippen molar-refractivity contribution in [3.05, 3.63) is 63.6 Å². The molecule has 0 radical (unpaired) electrons. The van der Waals surface area contributed by atoms with Crippen molar-refractivity contribution in [2.24, 2.45) is 0 Å². The number of nitrogens with one attached hydrogen (secondary N) is 1. The largest absolute Gasteiger partial charge is 0.350 e. The first-order valence-electron chi connectivity index (χ1n) is 7.42. The molecule has 0 aliphatic rings. The Bertz CT molecular complexity index is 885. The van der Waals surface area contributed by atoms with E-state index in [4.69, 9.17) is 23.2 Å². The lowest BCUT2D eigenvalue weighted by molar-refractivity contribution is -0.119. The molecule has 0 aliphatic carbocycles. The number of nitrogens with zero attached hydrogens (tertiary/aromatic N) is 1. The van der Waals surface area contributed by atoms with Crippen molar-refractivity contribution < 1.29 is 13.2 Å². The lowest BCUT2D eigenvalue weighted by Gasteiger charge is -2.23. The number of benzene rings is 2. The first-order chi connectivity index (χ1) is 11.7. The lowest BCUT2D eigenvalue weighted by atomic mass is 10.2. The predicted octanol–water partition coefficient (Wildman–Crippen LogP) is 3.38. The lowest BCUT2D eigenvalue weighted by Crippen LogP contribution is -2.40. The molecule has 8 heteroatoms. The van der Waals surface area contributed by atoms with E-state index in [0.29, 0.717) is 21.3 Å². The highest BCUT2D eigenvalue weighted by Gasteiger charge is 2.22. The fourth-order valence-electron chi connectivity index (χ4n) is 2.30. The first-order valence-corrected chi connectivity index (χ1v) is 10.0. The number of hydrogen-bond acceptors (Lipinski definition) is 3. The molecule has 0 spiro atoms. The monoisotopic (exact) mass is 400 g/mol. The van der Waals surface area contributed by atoms with Gasteiger partial charge in [0.05, 0.1) is 11.9 Å². The Hall–Kier alpha value is -1.76. The molecule has 134 valence electrons. The average molecular weight is 401 g/mol. The van der Waals surface area contributed by atoms with E-state index in [0.717, 1.165) is 16.1 Å². The van der Waals surface area contributed by atoms with Crippen LogP contribution in [0.4, 0.5) is 5.69 Å². The van der Waals surface area contributed by atoms with E-state index in [-0.39, 0.29) is 13.1 Å². The number of hydrogen-bond donors (Lipinski definition) is 1. The molecule has 0 fully saturated rings. The van der Waals surface area contributed by atoms with Gasteiger partial charge in [0, 0.05) is 16.6 Å². The topological polar surface area (TPSA) is 66.5 Å². The number of rotatable bonds is 6. The minimum absolute atomic E-state index is 0.218. The second-order valence-electron chi connectivity index (χ2n) is 5.57. The van der Waals surface area contributed by atoms with Crippen LogP contribution in [0.5, 0.6) is 0 Å². The molecule has 2 aromatic carbocycles. The number of carbonyl (C=O) groups is 1. The Kier molecular flexibility index (Phi) is 6.32. The minimum Gasteiger partial charge on any atom is -0.350 e. The van der Waals surface area contributed by atoms with Gasteiger partial charge in [-0.2, -0.15) is 0 Å². The third kappa shape index (κ3) is 5.36. The van der Waals surface area contributed by atoms with Crippen LogP contribution in [0.3, 0.4) is 0 Å². The van der Waals surface area contributed by atoms with Crippen molar-refractivity contribution in [1.29, 1.82) is 0 Å². The van der Waals surface area contributed by atoms with Gasteiger partial charge in [-0.15, -0.1) is 0 Å². The van der Waals surface area contributed by atoms with Gasteiger partial charge < -0.3 is 5.32 Å². The summed E-state index contributed by atoms with van der Waals surface area (Å²) in [6, 6.07) is 11.9.